The third-order valence-electron chi connectivity index (χ3n) is 12.4. The second-order valence-electron chi connectivity index (χ2n) is 19.6. The number of imidazole rings is 1. The van der Waals surface area contributed by atoms with Crippen LogP contribution in [0.4, 0.5) is 0 Å². The largest absolute Gasteiger partial charge is 0.480 e. The number of nitrogens with two attached hydrogens (primary N) is 1. The Bertz CT molecular complexity index is 1690. The number of nitrogens with one attached hydrogen (secondary N) is 5. The summed E-state index contributed by atoms with van der Waals surface area (Å²) in [5, 5.41) is 28.9. The number of carbonyl (C=O) groups is 8. The van der Waals surface area contributed by atoms with E-state index in [9.17, 15) is 43.5 Å². The summed E-state index contributed by atoms with van der Waals surface area (Å²) in [7, 11) is 0. The average Bonchev–Trinajstić information content (AvgIpc) is 3.90. The number of ether oxygens (including phenoxy) is 4. The number of aromatic amines is 1. The van der Waals surface area contributed by atoms with Crippen molar-refractivity contribution in [3.63, 3.8) is 0 Å². The molecule has 0 saturated carbocycles. The van der Waals surface area contributed by atoms with Crippen LogP contribution in [0.1, 0.15) is 181 Å². The first kappa shape index (κ1) is 71.5. The van der Waals surface area contributed by atoms with Crippen LogP contribution >= 0.6 is 0 Å². The molecule has 3 amide bonds. The highest BCUT2D eigenvalue weighted by Crippen LogP contribution is 2.16. The van der Waals surface area contributed by atoms with Gasteiger partial charge in [0.1, 0.15) is 42.4 Å². The zero-order chi connectivity index (χ0) is 56.4. The molecule has 0 fully saturated rings. The van der Waals surface area contributed by atoms with E-state index in [1.165, 1.54) is 78.1 Å². The Morgan fingerprint density at radius 1 is 0.632 bits per heavy atom. The summed E-state index contributed by atoms with van der Waals surface area (Å²) in [6, 6.07) is -2.20. The quantitative estimate of drug-likeness (QED) is 0.0397. The molecule has 21 heteroatoms. The molecule has 438 valence electrons. The lowest BCUT2D eigenvalue weighted by Gasteiger charge is -2.14. The van der Waals surface area contributed by atoms with Gasteiger partial charge < -0.3 is 55.8 Å². The number of carboxylic acids is 1. The van der Waals surface area contributed by atoms with Crippen LogP contribution in [0.3, 0.4) is 0 Å². The van der Waals surface area contributed by atoms with Gasteiger partial charge in [-0.1, -0.05) is 104 Å². The molecule has 0 unspecified atom stereocenters. The van der Waals surface area contributed by atoms with E-state index >= 15 is 0 Å². The first-order valence-corrected chi connectivity index (χ1v) is 28.1. The van der Waals surface area contributed by atoms with Gasteiger partial charge >= 0.3 is 5.97 Å². The summed E-state index contributed by atoms with van der Waals surface area (Å²) in [6.07, 6.45) is 24.6. The smallest absolute Gasteiger partial charge is 0.326 e. The Kier molecular flexibility index (Phi) is 47.1. The van der Waals surface area contributed by atoms with Gasteiger partial charge in [0.05, 0.1) is 64.6 Å². The highest BCUT2D eigenvalue weighted by Gasteiger charge is 2.21. The molecule has 1 aromatic heterocycles. The van der Waals surface area contributed by atoms with Gasteiger partial charge in [-0.25, -0.2) is 9.78 Å². The summed E-state index contributed by atoms with van der Waals surface area (Å²) < 4.78 is 21.6. The Balaban J connectivity index is 0.00000455. The monoisotopic (exact) mass is 1080 g/mol. The van der Waals surface area contributed by atoms with Crippen LogP contribution in [0, 0.1) is 5.92 Å². The number of aliphatic carboxylic acids is 1. The molecular weight excluding hydrogens is 983 g/mol. The van der Waals surface area contributed by atoms with E-state index in [4.69, 9.17) is 29.8 Å². The topological polar surface area (TPSA) is 317 Å². The number of rotatable bonds is 52. The number of aliphatic hydroxyl groups is 1. The van der Waals surface area contributed by atoms with E-state index in [1.807, 2.05) is 0 Å². The maximum Gasteiger partial charge on any atom is 0.326 e. The molecule has 4 atom stereocenters. The van der Waals surface area contributed by atoms with Crippen molar-refractivity contribution in [3.05, 3.63) is 18.2 Å². The molecule has 0 bridgehead atoms. The first-order chi connectivity index (χ1) is 36.6. The number of hydrogen-bond acceptors (Lipinski definition) is 16. The molecule has 1 rings (SSSR count). The predicted octanol–water partition coefficient (Wildman–Crippen LogP) is 5.03. The average molecular weight is 1080 g/mol. The van der Waals surface area contributed by atoms with Crippen molar-refractivity contribution >= 4 is 46.8 Å². The number of nitrogens with zero attached hydrogens (tertiary/aromatic N) is 1. The van der Waals surface area contributed by atoms with Crippen LogP contribution in [-0.4, -0.2) is 164 Å². The minimum Gasteiger partial charge on any atom is -0.480 e. The lowest BCUT2D eigenvalue weighted by molar-refractivity contribution is -0.142. The van der Waals surface area contributed by atoms with Gasteiger partial charge in [-0.15, -0.1) is 0 Å². The number of aromatic nitrogens is 2. The van der Waals surface area contributed by atoms with Gasteiger partial charge in [0.15, 0.2) is 0 Å². The Labute approximate surface area is 453 Å². The highest BCUT2D eigenvalue weighted by atomic mass is 16.5. The third kappa shape index (κ3) is 45.7. The van der Waals surface area contributed by atoms with Crippen molar-refractivity contribution in [3.8, 4) is 0 Å². The minimum atomic E-state index is -1.14. The van der Waals surface area contributed by atoms with Crippen molar-refractivity contribution in [1.82, 2.24) is 31.2 Å². The van der Waals surface area contributed by atoms with Crippen LogP contribution in [0.15, 0.2) is 12.5 Å². The van der Waals surface area contributed by atoms with Crippen molar-refractivity contribution in [1.29, 1.82) is 0 Å². The number of carbonyl (C=O) groups excluding carboxylic acids is 7. The molecule has 0 aliphatic rings. The molecule has 76 heavy (non-hydrogen) atoms. The maximum absolute atomic E-state index is 12.3. The first-order valence-electron chi connectivity index (χ1n) is 28.1. The van der Waals surface area contributed by atoms with Crippen LogP contribution in [0.2, 0.25) is 0 Å². The molecule has 21 nitrogen and oxygen atoms in total. The number of aliphatic hydroxyl groups excluding tert-OH is 1. The molecule has 0 aliphatic heterocycles. The van der Waals surface area contributed by atoms with Crippen LogP contribution in [-0.2, 0) is 63.7 Å². The van der Waals surface area contributed by atoms with E-state index in [1.54, 1.807) is 12.5 Å². The van der Waals surface area contributed by atoms with E-state index in [2.05, 4.69) is 45.1 Å². The second-order valence-corrected chi connectivity index (χ2v) is 19.6. The SMILES string of the molecule is CC(=O)CN[C@@H](CO)C(C)=O.CCCCCCCCCCCCCCCC(=O)N[C@@H](CCC(=O)CCCOCCOCC(=O)NCCOCCOCC(=O)NCCCC[C@@H](C)CCC(=O)[C@@H](N)Cc1cnc[nH]1)C(=O)O. The molecule has 1 heterocycles. The molecular formula is C55H99N7O14. The third-order valence-corrected chi connectivity index (χ3v) is 12.4. The number of hydrogen-bond donors (Lipinski definition) is 8. The fourth-order valence-electron chi connectivity index (χ4n) is 7.68. The molecule has 0 saturated heterocycles. The van der Waals surface area contributed by atoms with E-state index < -0.39 is 24.1 Å². The summed E-state index contributed by atoms with van der Waals surface area (Å²) in [5.74, 6) is -1.77. The summed E-state index contributed by atoms with van der Waals surface area (Å²) in [4.78, 5) is 101. The fourth-order valence-corrected chi connectivity index (χ4v) is 7.68. The standard InChI is InChI=1S/C48H86N6O11.C7H13NO3/c1-3-4-5-6-7-8-9-10-11-12-13-14-15-21-45(57)54-43(48(60)61)24-23-41(55)20-18-28-62-30-32-64-37-47(59)52-27-29-63-31-33-65-36-46(58)51-26-17-16-19-39(2)22-25-44(56)42(49)34-40-35-50-38-53-40;1-5(10)3-8-7(4-9)6(2)11/h35,38-39,42-43H,3-34,36-37,49H2,1-2H3,(H,50,53)(H,51,58)(H,52,59)(H,54,57)(H,60,61);7-9H,3-4H2,1-2H3/t39-,42+,43+;7-/m10/s1. The van der Waals surface area contributed by atoms with Crippen LogP contribution in [0.5, 0.6) is 0 Å². The zero-order valence-electron chi connectivity index (χ0n) is 46.7. The molecule has 9 N–H and O–H groups in total. The van der Waals surface area contributed by atoms with Crippen molar-refractivity contribution in [2.24, 2.45) is 11.7 Å². The molecule has 0 aliphatic carbocycles. The summed E-state index contributed by atoms with van der Waals surface area (Å²) in [6.45, 7) is 9.24. The summed E-state index contributed by atoms with van der Waals surface area (Å²) >= 11 is 0. The molecule has 1 aromatic rings. The van der Waals surface area contributed by atoms with Crippen molar-refractivity contribution in [2.75, 3.05) is 79.1 Å². The number of amides is 3. The maximum atomic E-state index is 12.3. The van der Waals surface area contributed by atoms with Gasteiger partial charge in [0, 0.05) is 63.7 Å². The second kappa shape index (κ2) is 50.0. The van der Waals surface area contributed by atoms with E-state index in [0.717, 1.165) is 50.6 Å². The van der Waals surface area contributed by atoms with Crippen molar-refractivity contribution in [2.45, 2.75) is 200 Å². The van der Waals surface area contributed by atoms with Gasteiger partial charge in [-0.2, -0.15) is 0 Å². The summed E-state index contributed by atoms with van der Waals surface area (Å²) in [5.41, 5.74) is 6.88. The normalized spacial score (nSPS) is 12.7. The Morgan fingerprint density at radius 2 is 1.21 bits per heavy atom. The van der Waals surface area contributed by atoms with E-state index in [-0.39, 0.29) is 120 Å². The molecule has 0 spiro atoms. The lowest BCUT2D eigenvalue weighted by Crippen LogP contribution is -2.41. The minimum absolute atomic E-state index is 0.0512. The van der Waals surface area contributed by atoms with Crippen molar-refractivity contribution < 1.29 is 67.5 Å². The Morgan fingerprint density at radius 3 is 1.76 bits per heavy atom. The predicted molar refractivity (Wildman–Crippen MR) is 290 cm³/mol. The zero-order valence-corrected chi connectivity index (χ0v) is 46.7. The van der Waals surface area contributed by atoms with Gasteiger partial charge in [-0.3, -0.25) is 38.9 Å². The number of ketones is 4. The van der Waals surface area contributed by atoms with Gasteiger partial charge in [0.2, 0.25) is 17.7 Å². The van der Waals surface area contributed by atoms with Gasteiger partial charge in [-0.05, 0) is 51.9 Å². The number of H-pyrrole nitrogens is 1. The van der Waals surface area contributed by atoms with Gasteiger partial charge in [0.25, 0.3) is 0 Å². The fraction of sp³-hybridized carbons (Fsp3) is 0.800. The number of unbranched alkanes of at least 4 members (excludes halogenated alkanes) is 13. The van der Waals surface area contributed by atoms with Crippen LogP contribution in [0.25, 0.3) is 0 Å². The van der Waals surface area contributed by atoms with Crippen LogP contribution < -0.4 is 27.0 Å². The number of carboxylic acid groups (broad SMARTS) is 1. The Hall–Kier alpha value is -4.51. The number of Topliss-reactive ketones (excluding diaryl/α,β-unsaturated/α-hetero) is 4. The highest BCUT2D eigenvalue weighted by molar-refractivity contribution is 5.85. The molecule has 0 aromatic carbocycles. The lowest BCUT2D eigenvalue weighted by atomic mass is 9.95. The van der Waals surface area contributed by atoms with E-state index in [0.29, 0.717) is 51.3 Å². The molecule has 0 radical (unpaired) electrons.